The minimum absolute atomic E-state index is 0.0326. The van der Waals surface area contributed by atoms with E-state index in [9.17, 15) is 18.8 Å². The zero-order valence-electron chi connectivity index (χ0n) is 15.3. The fourth-order valence-corrected chi connectivity index (χ4v) is 3.42. The number of amides is 1. The molecular formula is C18H23FN4O3S. The normalized spacial score (nSPS) is 10.8. The van der Waals surface area contributed by atoms with Crippen molar-refractivity contribution in [3.8, 4) is 0 Å². The molecule has 0 unspecified atom stereocenters. The van der Waals surface area contributed by atoms with Gasteiger partial charge in [-0.25, -0.2) is 9.18 Å². The third-order valence-electron chi connectivity index (χ3n) is 4.07. The molecule has 0 radical (unpaired) electrons. The summed E-state index contributed by atoms with van der Waals surface area (Å²) in [5, 5.41) is 0. The van der Waals surface area contributed by atoms with Crippen molar-refractivity contribution in [1.29, 1.82) is 0 Å². The second-order valence-corrected chi connectivity index (χ2v) is 7.12. The molecule has 3 N–H and O–H groups in total. The van der Waals surface area contributed by atoms with Crippen molar-refractivity contribution in [3.63, 3.8) is 0 Å². The van der Waals surface area contributed by atoms with E-state index in [-0.39, 0.29) is 29.7 Å². The highest BCUT2D eigenvalue weighted by atomic mass is 32.2. The minimum Gasteiger partial charge on any atom is -0.383 e. The number of aromatic nitrogens is 2. The Kier molecular flexibility index (Phi) is 7.23. The maximum Gasteiger partial charge on any atom is 0.330 e. The van der Waals surface area contributed by atoms with Crippen molar-refractivity contribution in [2.75, 3.05) is 23.4 Å². The van der Waals surface area contributed by atoms with Crippen LogP contribution in [0.25, 0.3) is 0 Å². The van der Waals surface area contributed by atoms with Crippen LogP contribution in [0.15, 0.2) is 38.8 Å². The Labute approximate surface area is 160 Å². The summed E-state index contributed by atoms with van der Waals surface area (Å²) in [7, 11) is 1.44. The summed E-state index contributed by atoms with van der Waals surface area (Å²) < 4.78 is 14.9. The number of aromatic amines is 1. The highest BCUT2D eigenvalue weighted by molar-refractivity contribution is 7.99. The van der Waals surface area contributed by atoms with E-state index in [0.29, 0.717) is 23.6 Å². The second kappa shape index (κ2) is 9.40. The molecule has 2 aromatic rings. The van der Waals surface area contributed by atoms with Gasteiger partial charge in [-0.15, -0.1) is 11.8 Å². The number of unbranched alkanes of at least 4 members (excludes halogenated alkanes) is 1. The molecule has 0 saturated heterocycles. The van der Waals surface area contributed by atoms with Crippen molar-refractivity contribution in [2.24, 2.45) is 0 Å². The van der Waals surface area contributed by atoms with E-state index in [1.807, 2.05) is 6.92 Å². The fourth-order valence-electron chi connectivity index (χ4n) is 2.54. The van der Waals surface area contributed by atoms with Crippen LogP contribution in [-0.4, -0.2) is 28.3 Å². The number of nitrogens with one attached hydrogen (secondary N) is 1. The van der Waals surface area contributed by atoms with Crippen LogP contribution in [0.2, 0.25) is 0 Å². The lowest BCUT2D eigenvalue weighted by Crippen LogP contribution is -2.39. The van der Waals surface area contributed by atoms with Crippen LogP contribution in [0.1, 0.15) is 26.2 Å². The van der Waals surface area contributed by atoms with Crippen molar-refractivity contribution >= 4 is 29.2 Å². The number of hydrogen-bond donors (Lipinski definition) is 2. The molecule has 1 aromatic carbocycles. The van der Waals surface area contributed by atoms with Gasteiger partial charge in [-0.1, -0.05) is 25.5 Å². The number of anilines is 2. The molecule has 1 amide bonds. The van der Waals surface area contributed by atoms with Gasteiger partial charge >= 0.3 is 5.69 Å². The maximum atomic E-state index is 13.6. The Hall–Kier alpha value is -2.55. The van der Waals surface area contributed by atoms with Crippen molar-refractivity contribution < 1.29 is 9.18 Å². The molecular weight excluding hydrogens is 371 g/mol. The number of hydrogen-bond acceptors (Lipinski definition) is 5. The lowest BCUT2D eigenvalue weighted by Gasteiger charge is -2.20. The first-order valence-corrected chi connectivity index (χ1v) is 9.61. The molecule has 146 valence electrons. The number of carbonyl (C=O) groups is 1. The number of rotatable bonds is 8. The summed E-state index contributed by atoms with van der Waals surface area (Å²) in [6, 6.07) is 6.32. The Morgan fingerprint density at radius 1 is 1.33 bits per heavy atom. The van der Waals surface area contributed by atoms with Crippen molar-refractivity contribution in [2.45, 2.75) is 37.6 Å². The van der Waals surface area contributed by atoms with Gasteiger partial charge in [0, 0.05) is 30.7 Å². The predicted octanol–water partition coefficient (Wildman–Crippen LogP) is 2.20. The SMILES string of the molecule is CCCCn1c(N)c(N(C)C(=O)CCSc2ccccc2F)c(=O)[nH]c1=O. The minimum atomic E-state index is -0.706. The molecule has 0 bridgehead atoms. The van der Waals surface area contributed by atoms with Gasteiger partial charge in [0.25, 0.3) is 5.56 Å². The van der Waals surface area contributed by atoms with E-state index in [4.69, 9.17) is 5.73 Å². The number of carbonyl (C=O) groups excluding carboxylic acids is 1. The summed E-state index contributed by atoms with van der Waals surface area (Å²) in [5.41, 5.74) is 4.65. The molecule has 7 nitrogen and oxygen atoms in total. The van der Waals surface area contributed by atoms with Gasteiger partial charge in [-0.2, -0.15) is 0 Å². The van der Waals surface area contributed by atoms with Gasteiger partial charge in [0.1, 0.15) is 11.6 Å². The Bertz CT molecular complexity index is 926. The third-order valence-corrected chi connectivity index (χ3v) is 5.12. The van der Waals surface area contributed by atoms with Gasteiger partial charge in [-0.05, 0) is 18.6 Å². The lowest BCUT2D eigenvalue weighted by atomic mass is 10.3. The van der Waals surface area contributed by atoms with Crippen LogP contribution in [-0.2, 0) is 11.3 Å². The molecule has 0 saturated carbocycles. The first-order chi connectivity index (χ1) is 12.9. The molecule has 1 heterocycles. The van der Waals surface area contributed by atoms with E-state index >= 15 is 0 Å². The summed E-state index contributed by atoms with van der Waals surface area (Å²) in [6.07, 6.45) is 1.65. The van der Waals surface area contributed by atoms with Crippen LogP contribution >= 0.6 is 11.8 Å². The average molecular weight is 394 g/mol. The van der Waals surface area contributed by atoms with Gasteiger partial charge < -0.3 is 10.6 Å². The summed E-state index contributed by atoms with van der Waals surface area (Å²) in [4.78, 5) is 40.4. The standard InChI is InChI=1S/C18H23FN4O3S/c1-3-4-10-23-16(20)15(17(25)21-18(23)26)22(2)14(24)9-11-27-13-8-6-5-7-12(13)19/h5-8H,3-4,9-11,20H2,1-2H3,(H,21,25,26). The highest BCUT2D eigenvalue weighted by Gasteiger charge is 2.20. The van der Waals surface area contributed by atoms with Gasteiger partial charge in [0.15, 0.2) is 5.69 Å². The van der Waals surface area contributed by atoms with Crippen LogP contribution in [0.5, 0.6) is 0 Å². The molecule has 2 rings (SSSR count). The lowest BCUT2D eigenvalue weighted by molar-refractivity contribution is -0.117. The summed E-state index contributed by atoms with van der Waals surface area (Å²) in [5.74, 6) is -0.379. The molecule has 0 aliphatic rings. The number of nitrogens with zero attached hydrogens (tertiary/aromatic N) is 2. The van der Waals surface area contributed by atoms with Gasteiger partial charge in [0.2, 0.25) is 5.91 Å². The smallest absolute Gasteiger partial charge is 0.330 e. The zero-order chi connectivity index (χ0) is 20.0. The van der Waals surface area contributed by atoms with E-state index in [0.717, 1.165) is 11.3 Å². The summed E-state index contributed by atoms with van der Waals surface area (Å²) in [6.45, 7) is 2.33. The molecule has 9 heteroatoms. The molecule has 0 aliphatic heterocycles. The van der Waals surface area contributed by atoms with Crippen LogP contribution in [0.4, 0.5) is 15.9 Å². The molecule has 0 atom stereocenters. The first kappa shape index (κ1) is 20.8. The molecule has 0 aliphatic carbocycles. The maximum absolute atomic E-state index is 13.6. The predicted molar refractivity (Wildman–Crippen MR) is 106 cm³/mol. The van der Waals surface area contributed by atoms with Crippen molar-refractivity contribution in [1.82, 2.24) is 9.55 Å². The van der Waals surface area contributed by atoms with Crippen LogP contribution < -0.4 is 21.9 Å². The molecule has 27 heavy (non-hydrogen) atoms. The Morgan fingerprint density at radius 2 is 2.04 bits per heavy atom. The second-order valence-electron chi connectivity index (χ2n) is 5.98. The quantitative estimate of drug-likeness (QED) is 0.669. The van der Waals surface area contributed by atoms with E-state index in [2.05, 4.69) is 4.98 Å². The number of nitrogens with two attached hydrogens (primary N) is 1. The van der Waals surface area contributed by atoms with E-state index in [1.165, 1.54) is 29.4 Å². The third kappa shape index (κ3) is 5.00. The van der Waals surface area contributed by atoms with Gasteiger partial charge in [0.05, 0.1) is 0 Å². The largest absolute Gasteiger partial charge is 0.383 e. The zero-order valence-corrected chi connectivity index (χ0v) is 16.1. The topological polar surface area (TPSA) is 101 Å². The van der Waals surface area contributed by atoms with E-state index < -0.39 is 11.2 Å². The van der Waals surface area contributed by atoms with Crippen LogP contribution in [0, 0.1) is 5.82 Å². The number of nitrogen functional groups attached to an aromatic ring is 1. The Balaban J connectivity index is 2.13. The fraction of sp³-hybridized carbons (Fsp3) is 0.389. The van der Waals surface area contributed by atoms with E-state index in [1.54, 1.807) is 18.2 Å². The van der Waals surface area contributed by atoms with Crippen molar-refractivity contribution in [3.05, 3.63) is 50.9 Å². The summed E-state index contributed by atoms with van der Waals surface area (Å²) >= 11 is 1.22. The number of thioether (sulfide) groups is 1. The van der Waals surface area contributed by atoms with Gasteiger partial charge in [-0.3, -0.25) is 19.1 Å². The number of H-pyrrole nitrogens is 1. The van der Waals surface area contributed by atoms with Crippen LogP contribution in [0.3, 0.4) is 0 Å². The average Bonchev–Trinajstić information content (AvgIpc) is 2.62. The molecule has 0 fully saturated rings. The monoisotopic (exact) mass is 394 g/mol. The number of halogens is 1. The first-order valence-electron chi connectivity index (χ1n) is 8.63. The number of benzene rings is 1. The molecule has 0 spiro atoms. The Morgan fingerprint density at radius 3 is 2.70 bits per heavy atom. The highest BCUT2D eigenvalue weighted by Crippen LogP contribution is 2.23. The molecule has 1 aromatic heterocycles.